The first kappa shape index (κ1) is 16.1. The Morgan fingerprint density at radius 2 is 2.13 bits per heavy atom. The molecule has 0 radical (unpaired) electrons. The Bertz CT molecular complexity index is 631. The molecule has 1 saturated heterocycles. The predicted molar refractivity (Wildman–Crippen MR) is 90.3 cm³/mol. The van der Waals surface area contributed by atoms with Crippen molar-refractivity contribution in [3.05, 3.63) is 34.5 Å². The van der Waals surface area contributed by atoms with Gasteiger partial charge in [-0.25, -0.2) is 4.98 Å². The summed E-state index contributed by atoms with van der Waals surface area (Å²) < 4.78 is 1.84. The lowest BCUT2D eigenvalue weighted by Crippen LogP contribution is -2.49. The fourth-order valence-electron chi connectivity index (χ4n) is 2.91. The van der Waals surface area contributed by atoms with Gasteiger partial charge in [0.2, 0.25) is 5.91 Å². The van der Waals surface area contributed by atoms with Crippen LogP contribution in [-0.4, -0.2) is 56.7 Å². The second-order valence-electron chi connectivity index (χ2n) is 5.99. The van der Waals surface area contributed by atoms with Gasteiger partial charge in [0.05, 0.1) is 12.2 Å². The highest BCUT2D eigenvalue weighted by Crippen LogP contribution is 2.23. The van der Waals surface area contributed by atoms with Gasteiger partial charge in [-0.2, -0.15) is 5.10 Å². The van der Waals surface area contributed by atoms with Gasteiger partial charge in [0.15, 0.2) is 0 Å². The van der Waals surface area contributed by atoms with Gasteiger partial charge < -0.3 is 4.90 Å². The molecule has 6 nitrogen and oxygen atoms in total. The largest absolute Gasteiger partial charge is 0.340 e. The minimum atomic E-state index is 0.222. The van der Waals surface area contributed by atoms with Crippen molar-refractivity contribution in [2.75, 3.05) is 26.2 Å². The first-order chi connectivity index (χ1) is 11.1. The van der Waals surface area contributed by atoms with E-state index in [1.54, 1.807) is 11.3 Å². The van der Waals surface area contributed by atoms with Gasteiger partial charge in [-0.1, -0.05) is 0 Å². The van der Waals surface area contributed by atoms with Gasteiger partial charge in [0.1, 0.15) is 5.01 Å². The first-order valence-electron chi connectivity index (χ1n) is 8.04. The number of thiazole rings is 1. The number of hydrogen-bond donors (Lipinski definition) is 0. The van der Waals surface area contributed by atoms with Crippen LogP contribution in [0.3, 0.4) is 0 Å². The van der Waals surface area contributed by atoms with Crippen molar-refractivity contribution in [1.29, 1.82) is 0 Å². The van der Waals surface area contributed by atoms with Crippen LogP contribution < -0.4 is 0 Å². The van der Waals surface area contributed by atoms with Crippen LogP contribution >= 0.6 is 11.3 Å². The lowest BCUT2D eigenvalue weighted by Gasteiger charge is -2.37. The smallest absolute Gasteiger partial charge is 0.224 e. The molecular formula is C16H23N5OS. The average molecular weight is 333 g/mol. The molecule has 0 aliphatic carbocycles. The zero-order valence-corrected chi connectivity index (χ0v) is 14.5. The number of rotatable bonds is 5. The molecule has 0 aromatic carbocycles. The molecule has 2 aromatic heterocycles. The van der Waals surface area contributed by atoms with E-state index in [4.69, 9.17) is 0 Å². The van der Waals surface area contributed by atoms with Crippen molar-refractivity contribution in [3.63, 3.8) is 0 Å². The SMILES string of the molecule is Cc1cnn(CCC(=O)N2CCN(C(C)c3nccs3)CC2)c1. The maximum Gasteiger partial charge on any atom is 0.224 e. The van der Waals surface area contributed by atoms with Crippen LogP contribution in [0.5, 0.6) is 0 Å². The molecule has 0 N–H and O–H groups in total. The van der Waals surface area contributed by atoms with Crippen molar-refractivity contribution in [3.8, 4) is 0 Å². The maximum atomic E-state index is 12.3. The van der Waals surface area contributed by atoms with Crippen LogP contribution in [0, 0.1) is 6.92 Å². The number of carbonyl (C=O) groups excluding carboxylic acids is 1. The van der Waals surface area contributed by atoms with Gasteiger partial charge in [-0.05, 0) is 19.4 Å². The third-order valence-electron chi connectivity index (χ3n) is 4.34. The first-order valence-corrected chi connectivity index (χ1v) is 8.92. The number of nitrogens with zero attached hydrogens (tertiary/aromatic N) is 5. The molecule has 1 fully saturated rings. The number of amides is 1. The monoisotopic (exact) mass is 333 g/mol. The van der Waals surface area contributed by atoms with Crippen molar-refractivity contribution in [1.82, 2.24) is 24.6 Å². The third kappa shape index (κ3) is 3.97. The minimum Gasteiger partial charge on any atom is -0.340 e. The molecule has 3 heterocycles. The fraction of sp³-hybridized carbons (Fsp3) is 0.562. The van der Waals surface area contributed by atoms with Gasteiger partial charge in [-0.15, -0.1) is 11.3 Å². The molecule has 1 atom stereocenters. The zero-order valence-electron chi connectivity index (χ0n) is 13.7. The predicted octanol–water partition coefficient (Wildman–Crippen LogP) is 1.94. The summed E-state index contributed by atoms with van der Waals surface area (Å²) in [6, 6.07) is 0.333. The van der Waals surface area contributed by atoms with Gasteiger partial charge >= 0.3 is 0 Å². The fourth-order valence-corrected chi connectivity index (χ4v) is 3.64. The molecule has 3 rings (SSSR count). The lowest BCUT2D eigenvalue weighted by molar-refractivity contribution is -0.133. The van der Waals surface area contributed by atoms with E-state index >= 15 is 0 Å². The molecule has 1 aliphatic heterocycles. The normalized spacial score (nSPS) is 17.4. The summed E-state index contributed by atoms with van der Waals surface area (Å²) in [7, 11) is 0. The molecule has 0 bridgehead atoms. The van der Waals surface area contributed by atoms with E-state index in [0.717, 1.165) is 36.8 Å². The summed E-state index contributed by atoms with van der Waals surface area (Å²) in [5.74, 6) is 0.222. The van der Waals surface area contributed by atoms with Crippen molar-refractivity contribution < 1.29 is 4.79 Å². The molecular weight excluding hydrogens is 310 g/mol. The van der Waals surface area contributed by atoms with E-state index in [-0.39, 0.29) is 5.91 Å². The molecule has 124 valence electrons. The number of hydrogen-bond acceptors (Lipinski definition) is 5. The Balaban J connectivity index is 1.45. The summed E-state index contributed by atoms with van der Waals surface area (Å²) in [4.78, 5) is 21.1. The Morgan fingerprint density at radius 1 is 1.35 bits per heavy atom. The molecule has 23 heavy (non-hydrogen) atoms. The van der Waals surface area contributed by atoms with E-state index in [1.165, 1.54) is 0 Å². The molecule has 1 amide bonds. The summed E-state index contributed by atoms with van der Waals surface area (Å²) in [6.07, 6.45) is 6.17. The van der Waals surface area contributed by atoms with Crippen LogP contribution in [0.1, 0.15) is 30.0 Å². The van der Waals surface area contributed by atoms with Crippen LogP contribution in [0.4, 0.5) is 0 Å². The second kappa shape index (κ2) is 7.23. The van der Waals surface area contributed by atoms with Crippen molar-refractivity contribution >= 4 is 17.2 Å². The quantitative estimate of drug-likeness (QED) is 0.839. The lowest BCUT2D eigenvalue weighted by atomic mass is 10.2. The highest BCUT2D eigenvalue weighted by molar-refractivity contribution is 7.09. The van der Waals surface area contributed by atoms with Crippen LogP contribution in [0.2, 0.25) is 0 Å². The highest BCUT2D eigenvalue weighted by Gasteiger charge is 2.25. The topological polar surface area (TPSA) is 54.3 Å². The molecule has 1 unspecified atom stereocenters. The van der Waals surface area contributed by atoms with E-state index < -0.39 is 0 Å². The summed E-state index contributed by atoms with van der Waals surface area (Å²) in [5.41, 5.74) is 1.13. The molecule has 0 spiro atoms. The van der Waals surface area contributed by atoms with Crippen molar-refractivity contribution in [2.45, 2.75) is 32.9 Å². The van der Waals surface area contributed by atoms with Gasteiger partial charge in [-0.3, -0.25) is 14.4 Å². The minimum absolute atomic E-state index is 0.222. The molecule has 0 saturated carbocycles. The third-order valence-corrected chi connectivity index (χ3v) is 5.29. The molecule has 1 aliphatic rings. The van der Waals surface area contributed by atoms with E-state index in [9.17, 15) is 4.79 Å². The van der Waals surface area contributed by atoms with Crippen LogP contribution in [0.15, 0.2) is 24.0 Å². The van der Waals surface area contributed by atoms with Gasteiger partial charge in [0.25, 0.3) is 0 Å². The van der Waals surface area contributed by atoms with Crippen molar-refractivity contribution in [2.24, 2.45) is 0 Å². The Labute approximate surface area is 140 Å². The summed E-state index contributed by atoms with van der Waals surface area (Å²) >= 11 is 1.70. The van der Waals surface area contributed by atoms with Gasteiger partial charge in [0, 0.05) is 56.9 Å². The maximum absolute atomic E-state index is 12.3. The Morgan fingerprint density at radius 3 is 2.74 bits per heavy atom. The highest BCUT2D eigenvalue weighted by atomic mass is 32.1. The Hall–Kier alpha value is -1.73. The second-order valence-corrected chi connectivity index (χ2v) is 6.92. The number of aryl methyl sites for hydroxylation is 2. The number of aromatic nitrogens is 3. The zero-order chi connectivity index (χ0) is 16.2. The summed E-state index contributed by atoms with van der Waals surface area (Å²) in [5, 5.41) is 7.40. The van der Waals surface area contributed by atoms with E-state index in [0.29, 0.717) is 19.0 Å². The van der Waals surface area contributed by atoms with Crippen LogP contribution in [-0.2, 0) is 11.3 Å². The Kier molecular flexibility index (Phi) is 5.07. The number of carbonyl (C=O) groups is 1. The van der Waals surface area contributed by atoms with Crippen LogP contribution in [0.25, 0.3) is 0 Å². The molecule has 2 aromatic rings. The summed E-state index contributed by atoms with van der Waals surface area (Å²) in [6.45, 7) is 8.27. The number of piperazine rings is 1. The molecule has 7 heteroatoms. The standard InChI is InChI=1S/C16H23N5OS/c1-13-11-18-21(12-13)5-3-15(22)20-8-6-19(7-9-20)14(2)16-17-4-10-23-16/h4,10-12,14H,3,5-9H2,1-2H3. The van der Waals surface area contributed by atoms with E-state index in [1.807, 2.05) is 40.5 Å². The average Bonchev–Trinajstić information content (AvgIpc) is 3.24. The van der Waals surface area contributed by atoms with E-state index in [2.05, 4.69) is 21.9 Å².